The van der Waals surface area contributed by atoms with Gasteiger partial charge in [0, 0.05) is 33.3 Å². The van der Waals surface area contributed by atoms with Crippen molar-refractivity contribution in [3.05, 3.63) is 57.4 Å². The van der Waals surface area contributed by atoms with Gasteiger partial charge in [-0.05, 0) is 5.56 Å². The molecule has 0 unspecified atom stereocenters. The van der Waals surface area contributed by atoms with E-state index in [-0.39, 0.29) is 11.2 Å². The van der Waals surface area contributed by atoms with Gasteiger partial charge in [-0.1, -0.05) is 30.3 Å². The molecule has 1 N–H and O–H groups in total. The SMILES string of the molecule is Cn1c(=O)c2c(nc3n(CCC[NH+]4CCOCC4)c(-c4ccccc4)cn23)n(C)c1=O. The third kappa shape index (κ3) is 3.30. The number of fused-ring (bicyclic) bond motifs is 3. The third-order valence-corrected chi connectivity index (χ3v) is 6.24. The van der Waals surface area contributed by atoms with E-state index >= 15 is 0 Å². The van der Waals surface area contributed by atoms with Gasteiger partial charge in [0.05, 0.1) is 25.5 Å². The molecule has 0 saturated carbocycles. The molecule has 1 fully saturated rings. The summed E-state index contributed by atoms with van der Waals surface area (Å²) in [5, 5.41) is 0. The second-order valence-electron chi connectivity index (χ2n) is 8.16. The van der Waals surface area contributed by atoms with Gasteiger partial charge < -0.3 is 14.2 Å². The van der Waals surface area contributed by atoms with Crippen LogP contribution in [0.1, 0.15) is 6.42 Å². The Balaban J connectivity index is 1.63. The van der Waals surface area contributed by atoms with Gasteiger partial charge in [0.1, 0.15) is 13.1 Å². The van der Waals surface area contributed by atoms with Crippen molar-refractivity contribution in [3.8, 4) is 11.3 Å². The second-order valence-corrected chi connectivity index (χ2v) is 8.16. The van der Waals surface area contributed by atoms with Crippen LogP contribution >= 0.6 is 0 Å². The van der Waals surface area contributed by atoms with Crippen LogP contribution in [0.5, 0.6) is 0 Å². The number of hydrogen-bond acceptors (Lipinski definition) is 4. The maximum absolute atomic E-state index is 12.9. The Morgan fingerprint density at radius 1 is 1.06 bits per heavy atom. The number of rotatable bonds is 5. The molecule has 9 nitrogen and oxygen atoms in total. The summed E-state index contributed by atoms with van der Waals surface area (Å²) in [6.07, 6.45) is 2.95. The summed E-state index contributed by atoms with van der Waals surface area (Å²) in [4.78, 5) is 31.6. The molecule has 3 aromatic heterocycles. The number of aryl methyl sites for hydroxylation is 2. The van der Waals surface area contributed by atoms with Crippen molar-refractivity contribution in [1.29, 1.82) is 0 Å². The van der Waals surface area contributed by atoms with Gasteiger partial charge in [-0.25, -0.2) is 4.79 Å². The Labute approximate surface area is 178 Å². The number of aromatic nitrogens is 5. The van der Waals surface area contributed by atoms with Crippen LogP contribution in [0.2, 0.25) is 0 Å². The van der Waals surface area contributed by atoms with Crippen LogP contribution in [-0.2, 0) is 25.4 Å². The Kier molecular flexibility index (Phi) is 4.99. The highest BCUT2D eigenvalue weighted by Gasteiger charge is 2.21. The van der Waals surface area contributed by atoms with E-state index in [0.717, 1.165) is 61.6 Å². The van der Waals surface area contributed by atoms with Crippen LogP contribution in [0.4, 0.5) is 0 Å². The maximum atomic E-state index is 12.9. The molecular formula is C22H27N6O3+. The first-order chi connectivity index (χ1) is 15.1. The number of benzene rings is 1. The van der Waals surface area contributed by atoms with Crippen LogP contribution in [0.3, 0.4) is 0 Å². The van der Waals surface area contributed by atoms with E-state index < -0.39 is 0 Å². The molecule has 31 heavy (non-hydrogen) atoms. The third-order valence-electron chi connectivity index (χ3n) is 6.24. The van der Waals surface area contributed by atoms with Crippen LogP contribution < -0.4 is 16.1 Å². The van der Waals surface area contributed by atoms with Crippen molar-refractivity contribution < 1.29 is 9.64 Å². The molecule has 9 heteroatoms. The lowest BCUT2D eigenvalue weighted by Gasteiger charge is -2.23. The normalized spacial score (nSPS) is 15.3. The molecule has 0 spiro atoms. The Morgan fingerprint density at radius 2 is 1.81 bits per heavy atom. The summed E-state index contributed by atoms with van der Waals surface area (Å²) in [5.74, 6) is 0.684. The predicted molar refractivity (Wildman–Crippen MR) is 118 cm³/mol. The van der Waals surface area contributed by atoms with Crippen molar-refractivity contribution in [2.45, 2.75) is 13.0 Å². The van der Waals surface area contributed by atoms with Gasteiger partial charge in [0.2, 0.25) is 5.78 Å². The van der Waals surface area contributed by atoms with Crippen LogP contribution in [0.25, 0.3) is 28.2 Å². The molecule has 5 rings (SSSR count). The molecule has 162 valence electrons. The molecule has 1 aliphatic rings. The molecule has 0 amide bonds. The Bertz CT molecular complexity index is 1360. The maximum Gasteiger partial charge on any atom is 0.332 e. The fourth-order valence-corrected chi connectivity index (χ4v) is 4.47. The minimum atomic E-state index is -0.371. The molecular weight excluding hydrogens is 396 g/mol. The molecule has 0 bridgehead atoms. The van der Waals surface area contributed by atoms with E-state index in [1.807, 2.05) is 28.8 Å². The summed E-state index contributed by atoms with van der Waals surface area (Å²) >= 11 is 0. The summed E-state index contributed by atoms with van der Waals surface area (Å²) in [7, 11) is 3.16. The fraction of sp³-hybridized carbons (Fsp3) is 0.409. The largest absolute Gasteiger partial charge is 0.370 e. The Hall–Kier alpha value is -3.17. The first kappa shape index (κ1) is 19.8. The topological polar surface area (TPSA) is 79.9 Å². The highest BCUT2D eigenvalue weighted by atomic mass is 16.5. The number of nitrogens with one attached hydrogen (secondary N) is 1. The second kappa shape index (κ2) is 7.82. The van der Waals surface area contributed by atoms with Crippen molar-refractivity contribution in [2.75, 3.05) is 32.8 Å². The number of imidazole rings is 2. The lowest BCUT2D eigenvalue weighted by Crippen LogP contribution is -3.14. The molecule has 4 aromatic rings. The highest BCUT2D eigenvalue weighted by molar-refractivity contribution is 5.78. The summed E-state index contributed by atoms with van der Waals surface area (Å²) in [6, 6.07) is 10.1. The molecule has 1 aliphatic heterocycles. The lowest BCUT2D eigenvalue weighted by molar-refractivity contribution is -0.908. The Morgan fingerprint density at radius 3 is 2.55 bits per heavy atom. The van der Waals surface area contributed by atoms with Crippen LogP contribution in [0.15, 0.2) is 46.1 Å². The molecule has 0 aliphatic carbocycles. The van der Waals surface area contributed by atoms with Gasteiger partial charge in [-0.2, -0.15) is 4.98 Å². The number of morpholine rings is 1. The van der Waals surface area contributed by atoms with Gasteiger partial charge in [0.15, 0.2) is 11.2 Å². The zero-order valence-electron chi connectivity index (χ0n) is 17.9. The highest BCUT2D eigenvalue weighted by Crippen LogP contribution is 2.25. The van der Waals surface area contributed by atoms with Crippen LogP contribution in [-0.4, -0.2) is 55.9 Å². The first-order valence-electron chi connectivity index (χ1n) is 10.7. The molecule has 0 radical (unpaired) electrons. The minimum absolute atomic E-state index is 0.333. The first-order valence-corrected chi connectivity index (χ1v) is 10.7. The van der Waals surface area contributed by atoms with Crippen molar-refractivity contribution in [3.63, 3.8) is 0 Å². The van der Waals surface area contributed by atoms with E-state index in [0.29, 0.717) is 16.9 Å². The van der Waals surface area contributed by atoms with Crippen molar-refractivity contribution >= 4 is 16.9 Å². The van der Waals surface area contributed by atoms with Crippen molar-refractivity contribution in [2.24, 2.45) is 14.1 Å². The average Bonchev–Trinajstić information content (AvgIpc) is 3.34. The van der Waals surface area contributed by atoms with Gasteiger partial charge in [0.25, 0.3) is 5.56 Å². The van der Waals surface area contributed by atoms with E-state index in [2.05, 4.69) is 16.7 Å². The van der Waals surface area contributed by atoms with Gasteiger partial charge in [-0.15, -0.1) is 0 Å². The summed E-state index contributed by atoms with van der Waals surface area (Å²) in [6.45, 7) is 5.56. The lowest BCUT2D eigenvalue weighted by atomic mass is 10.1. The van der Waals surface area contributed by atoms with Gasteiger partial charge >= 0.3 is 5.69 Å². The average molecular weight is 423 g/mol. The standard InChI is InChI=1S/C22H26N6O3/c1-24-19-18(20(29)25(2)22(24)30)28-15-17(16-7-4-3-5-8-16)27(21(28)23-19)10-6-9-26-11-13-31-14-12-26/h3-5,7-8,15H,6,9-14H2,1-2H3/p+1. The number of quaternary nitrogens is 1. The number of ether oxygens (including phenoxy) is 1. The quantitative estimate of drug-likeness (QED) is 0.476. The number of nitrogens with zero attached hydrogens (tertiary/aromatic N) is 5. The van der Waals surface area contributed by atoms with E-state index in [1.165, 1.54) is 11.6 Å². The number of hydrogen-bond donors (Lipinski definition) is 1. The molecule has 1 saturated heterocycles. The zero-order chi connectivity index (χ0) is 21.5. The molecule has 4 heterocycles. The van der Waals surface area contributed by atoms with E-state index in [9.17, 15) is 9.59 Å². The van der Waals surface area contributed by atoms with E-state index in [1.54, 1.807) is 11.9 Å². The summed E-state index contributed by atoms with van der Waals surface area (Å²) < 4.78 is 12.0. The predicted octanol–water partition coefficient (Wildman–Crippen LogP) is -0.341. The molecule has 1 aromatic carbocycles. The summed E-state index contributed by atoms with van der Waals surface area (Å²) in [5.41, 5.74) is 2.22. The zero-order valence-corrected chi connectivity index (χ0v) is 17.9. The van der Waals surface area contributed by atoms with Crippen molar-refractivity contribution in [1.82, 2.24) is 23.1 Å². The molecule has 0 atom stereocenters. The van der Waals surface area contributed by atoms with Gasteiger partial charge in [-0.3, -0.25) is 18.3 Å². The smallest absolute Gasteiger partial charge is 0.332 e. The van der Waals surface area contributed by atoms with E-state index in [4.69, 9.17) is 9.72 Å². The fourth-order valence-electron chi connectivity index (χ4n) is 4.47. The minimum Gasteiger partial charge on any atom is -0.370 e. The van der Waals surface area contributed by atoms with Crippen LogP contribution in [0, 0.1) is 0 Å². The monoisotopic (exact) mass is 423 g/mol.